The number of nitrogens with one attached hydrogen (secondary N) is 3. The van der Waals surface area contributed by atoms with Crippen LogP contribution in [0.5, 0.6) is 5.75 Å². The topological polar surface area (TPSA) is 435 Å². The highest BCUT2D eigenvalue weighted by Crippen LogP contribution is 2.53. The number of aliphatic hydroxyl groups excluding tert-OH is 3. The van der Waals surface area contributed by atoms with Gasteiger partial charge < -0.3 is 68.3 Å². The number of hydrogen-bond donors (Lipinski definition) is 10. The maximum absolute atomic E-state index is 14.9. The molecule has 0 bridgehead atoms. The van der Waals surface area contributed by atoms with Gasteiger partial charge in [-0.25, -0.2) is 51.6 Å². The molecule has 9 atom stereocenters. The van der Waals surface area contributed by atoms with Crippen LogP contribution in [0.15, 0.2) is 201 Å². The molecule has 2 aliphatic rings. The number of benzene rings is 7. The lowest BCUT2D eigenvalue weighted by Crippen LogP contribution is -2.58. The van der Waals surface area contributed by atoms with Gasteiger partial charge in [0, 0.05) is 98.4 Å². The Labute approximate surface area is 854 Å². The van der Waals surface area contributed by atoms with Crippen LogP contribution in [0.3, 0.4) is 0 Å². The highest BCUT2D eigenvalue weighted by atomic mass is 32.2. The third-order valence-corrected chi connectivity index (χ3v) is 33.7. The van der Waals surface area contributed by atoms with Crippen molar-refractivity contribution in [2.24, 2.45) is 17.2 Å². The van der Waals surface area contributed by atoms with Crippen LogP contribution in [0.2, 0.25) is 0 Å². The Kier molecular flexibility index (Phi) is 45.0. The maximum atomic E-state index is 14.9. The van der Waals surface area contributed by atoms with E-state index in [4.69, 9.17) is 17.2 Å². The van der Waals surface area contributed by atoms with Gasteiger partial charge in [0.05, 0.1) is 68.0 Å². The van der Waals surface area contributed by atoms with Crippen molar-refractivity contribution in [2.75, 3.05) is 36.9 Å². The minimum atomic E-state index is -3.92. The largest absolute Gasteiger partial charge is 0.508 e. The molecule has 7 aromatic carbocycles. The Morgan fingerprint density at radius 3 is 1.03 bits per heavy atom. The molecule has 2 fully saturated rings. The minimum absolute atomic E-state index is 0.0162. The van der Waals surface area contributed by atoms with Crippen molar-refractivity contribution in [3.05, 3.63) is 302 Å². The number of carbonyl (C=O) groups excluding carboxylic acids is 6. The molecule has 0 saturated heterocycles. The number of halogens is 6. The molecule has 2 saturated carbocycles. The number of aromatic nitrogens is 2. The van der Waals surface area contributed by atoms with Crippen molar-refractivity contribution in [1.29, 1.82) is 0 Å². The zero-order valence-electron chi connectivity index (χ0n) is 84.6. The fourth-order valence-electron chi connectivity index (χ4n) is 18.6. The van der Waals surface area contributed by atoms with Crippen molar-refractivity contribution >= 4 is 65.0 Å². The normalized spacial score (nSPS) is 15.0. The van der Waals surface area contributed by atoms with Gasteiger partial charge in [-0.1, -0.05) is 180 Å². The summed E-state index contributed by atoms with van der Waals surface area (Å²) >= 11 is 0. The molecule has 794 valence electrons. The molecule has 0 radical (unpaired) electrons. The molecule has 9 aromatic rings. The summed E-state index contributed by atoms with van der Waals surface area (Å²) < 4.78 is 167. The van der Waals surface area contributed by atoms with Gasteiger partial charge in [0.25, 0.3) is 17.7 Å². The molecule has 146 heavy (non-hydrogen) atoms. The number of rotatable bonds is 54. The number of carbonyl (C=O) groups is 6. The van der Waals surface area contributed by atoms with E-state index in [9.17, 15) is 101 Å². The predicted molar refractivity (Wildman–Crippen MR) is 553 cm³/mol. The summed E-state index contributed by atoms with van der Waals surface area (Å²) in [5, 5.41) is 50.0. The summed E-state index contributed by atoms with van der Waals surface area (Å²) in [6, 6.07) is 35.8. The third-order valence-electron chi connectivity index (χ3n) is 26.8. The molecule has 2 aromatic heterocycles. The molecule has 0 aliphatic heterocycles. The molecule has 0 spiro atoms. The van der Waals surface area contributed by atoms with Crippen molar-refractivity contribution < 1.29 is 101 Å². The Morgan fingerprint density at radius 1 is 0.363 bits per heavy atom. The van der Waals surface area contributed by atoms with Crippen LogP contribution in [0.25, 0.3) is 0 Å². The van der Waals surface area contributed by atoms with E-state index in [1.165, 1.54) is 82.0 Å². The quantitative estimate of drug-likeness (QED) is 0.0158. The van der Waals surface area contributed by atoms with E-state index in [2.05, 4.69) is 25.9 Å². The van der Waals surface area contributed by atoms with E-state index in [1.54, 1.807) is 12.1 Å². The van der Waals surface area contributed by atoms with Gasteiger partial charge in [-0.15, -0.1) is 0 Å². The predicted octanol–water partition coefficient (Wildman–Crippen LogP) is 14.4. The zero-order chi connectivity index (χ0) is 107. The Balaban J connectivity index is 0.000000244. The van der Waals surface area contributed by atoms with E-state index in [0.29, 0.717) is 103 Å². The second kappa shape index (κ2) is 55.6. The highest BCUT2D eigenvalue weighted by molar-refractivity contribution is 7.92. The number of hydrogen-bond acceptors (Lipinski definition) is 21. The number of amides is 6. The number of aryl methyl sites for hydroxylation is 3. The monoisotopic (exact) mass is 2080 g/mol. The number of aliphatic hydroxyl groups is 3. The first-order valence-electron chi connectivity index (χ1n) is 50.4. The number of nitrogens with two attached hydrogens (primary N) is 3. The van der Waals surface area contributed by atoms with Crippen LogP contribution in [-0.2, 0) is 100 Å². The fourth-order valence-corrected chi connectivity index (χ4v) is 25.1. The van der Waals surface area contributed by atoms with Gasteiger partial charge in [-0.05, 0) is 232 Å². The summed E-state index contributed by atoms with van der Waals surface area (Å²) in [6.45, 7) is 16.4. The van der Waals surface area contributed by atoms with E-state index in [-0.39, 0.29) is 84.6 Å². The number of phenolic OH excluding ortho intramolecular Hbond substituents is 1. The van der Waals surface area contributed by atoms with Gasteiger partial charge in [0.1, 0.15) is 58.8 Å². The smallest absolute Gasteiger partial charge is 0.253 e. The summed E-state index contributed by atoms with van der Waals surface area (Å²) in [7, 11) is -11.7. The Hall–Kier alpha value is -11.4. The molecule has 6 amide bonds. The van der Waals surface area contributed by atoms with E-state index in [0.717, 1.165) is 107 Å². The highest BCUT2D eigenvalue weighted by Gasteiger charge is 2.56. The average Bonchev–Trinajstić information content (AvgIpc) is 1.58. The number of pyridine rings is 2. The van der Waals surface area contributed by atoms with Gasteiger partial charge in [0.15, 0.2) is 29.5 Å². The Morgan fingerprint density at radius 2 is 0.685 bits per heavy atom. The lowest BCUT2D eigenvalue weighted by atomic mass is 9.96. The van der Waals surface area contributed by atoms with Gasteiger partial charge in [-0.2, -0.15) is 0 Å². The summed E-state index contributed by atoms with van der Waals surface area (Å²) in [6.07, 6.45) is 11.8. The second-order valence-corrected chi connectivity index (χ2v) is 45.3. The van der Waals surface area contributed by atoms with Crippen LogP contribution < -0.4 is 33.2 Å². The van der Waals surface area contributed by atoms with Crippen LogP contribution >= 0.6 is 0 Å². The number of nitrogens with zero attached hydrogens (tertiary/aromatic N) is 5. The van der Waals surface area contributed by atoms with Crippen LogP contribution in [0.1, 0.15) is 246 Å². The summed E-state index contributed by atoms with van der Waals surface area (Å²) in [5.41, 5.74) is 23.7. The molecule has 13 N–H and O–H groups in total. The van der Waals surface area contributed by atoms with Crippen LogP contribution in [0.4, 0.5) is 26.3 Å². The van der Waals surface area contributed by atoms with Crippen LogP contribution in [0, 0.1) is 34.9 Å². The first kappa shape index (κ1) is 118. The second-order valence-electron chi connectivity index (χ2n) is 38.3. The van der Waals surface area contributed by atoms with Gasteiger partial charge in [0.2, 0.25) is 17.7 Å². The Bertz CT molecular complexity index is 6100. The molecule has 2 aliphatic carbocycles. The summed E-state index contributed by atoms with van der Waals surface area (Å²) in [5.74, 6) is -11.0. The van der Waals surface area contributed by atoms with Gasteiger partial charge in [-0.3, -0.25) is 38.7 Å². The first-order valence-corrected chi connectivity index (χ1v) is 55.6. The molecule has 36 heteroatoms. The zero-order valence-corrected chi connectivity index (χ0v) is 87.1. The fraction of sp³-hybridized carbons (Fsp3) is 0.473. The van der Waals surface area contributed by atoms with Crippen molar-refractivity contribution in [1.82, 2.24) is 40.6 Å². The molecular formula is C110H143F6N11O16S3. The van der Waals surface area contributed by atoms with Crippen molar-refractivity contribution in [2.45, 2.75) is 292 Å². The molecule has 2 heterocycles. The summed E-state index contributed by atoms with van der Waals surface area (Å²) in [4.78, 5) is 96.4. The molecule has 27 nitrogen and oxygen atoms in total. The van der Waals surface area contributed by atoms with E-state index < -0.39 is 199 Å². The molecule has 11 rings (SSSR count). The van der Waals surface area contributed by atoms with Crippen molar-refractivity contribution in [3.63, 3.8) is 0 Å². The van der Waals surface area contributed by atoms with E-state index in [1.807, 2.05) is 129 Å². The SMILES string of the molecule is CCCC(CCC)S(=O)(=O)C[C@@H](NC(=O)c1cccc(O)c1)C(=O)N(C[C@@H](O)[C@@H](N)Cc1cc(F)cc(F)c1)C1(c2cccc(CC)c2)CC1.CCCC(CCC)S(=O)(=O)C[C@@H](NC(=O)c1cccnc1)C(=O)N(Cc1cccc(CC)c1)C[C@@H](O)[C@@H](N)Cc1cc(F)cc(F)c1.CCCC(CCC)S(=O)(=O)C[C@@H](NC(=O)c1ccncc1)C(=O)N(C[C@@H](O)[C@@H](N)Cc1cc(F)cc(F)c1)C1(c2cccc(CC)c2)CC1. The lowest BCUT2D eigenvalue weighted by Gasteiger charge is -2.38. The molecule has 0 unspecified atom stereocenters. The first-order chi connectivity index (χ1) is 69.4. The third kappa shape index (κ3) is 34.1. The molecular weight excluding hydrogens is 1940 g/mol. The minimum Gasteiger partial charge on any atom is -0.508 e. The average molecular weight is 2090 g/mol. The van der Waals surface area contributed by atoms with E-state index >= 15 is 0 Å². The number of aromatic hydroxyl groups is 1. The van der Waals surface area contributed by atoms with Crippen molar-refractivity contribution in [3.8, 4) is 5.75 Å². The maximum Gasteiger partial charge on any atom is 0.253 e. The standard InChI is InChI=1S/C38H49F2N3O6S.C37H48F2N4O5S.C35H46F2N4O5S/c1-4-9-32(10-5-2)50(48,49)24-34(42-36(46)27-12-8-14-31(44)21-27)37(47)43(38(15-16-38)28-13-7-11-25(6-3)17-28)23-35(45)33(41)20-26-18-29(39)22-30(40)19-26;1-4-8-31(9-5-2)49(47,48)24-33(42-35(45)27-12-16-41-17-13-27)36(46)43(37(14-15-37)28-11-7-10-25(6-3)18-28)23-34(44)32(40)21-26-19-29(38)22-30(39)20-26;1-4-9-30(10-5-2)47(45,46)23-32(40-34(43)27-13-8-14-39-20-27)35(44)41(21-25-12-7-11-24(6-3)15-25)22-33(42)31(38)18-26-16-28(36)19-29(37)17-26/h7-8,11-14,17-19,21-22,32-35,44-45H,4-6,9-10,15-16,20,23-24,41H2,1-3H3,(H,42,46);7,10-13,16-20,22,31-34,44H,4-6,8-9,14-15,21,23-24,40H2,1-3H3,(H,42,45);7-8,11-17,19-20,30-33,42H,4-6,9-10,18,21-23,38H2,1-3H3,(H,40,43)/t33-,34+,35+;32-,33+,34+;31-,32+,33+/m000/s1. The van der Waals surface area contributed by atoms with Gasteiger partial charge >= 0.3 is 0 Å². The lowest BCUT2D eigenvalue weighted by molar-refractivity contribution is -0.139. The number of phenols is 1. The number of sulfone groups is 3. The van der Waals surface area contributed by atoms with Crippen LogP contribution in [-0.4, -0.2) is 213 Å².